The van der Waals surface area contributed by atoms with Crippen molar-refractivity contribution in [2.24, 2.45) is 4.99 Å². The lowest BCUT2D eigenvalue weighted by Crippen LogP contribution is -2.48. The van der Waals surface area contributed by atoms with Gasteiger partial charge < -0.3 is 15.0 Å². The molecule has 1 aliphatic heterocycles. The van der Waals surface area contributed by atoms with Crippen LogP contribution in [0.1, 0.15) is 23.1 Å². The molecule has 1 saturated heterocycles. The molecule has 1 atom stereocenters. The Kier molecular flexibility index (Phi) is 7.81. The van der Waals surface area contributed by atoms with Gasteiger partial charge in [0.15, 0.2) is 11.8 Å². The maximum absolute atomic E-state index is 6.05. The van der Waals surface area contributed by atoms with Gasteiger partial charge in [0.2, 0.25) is 0 Å². The van der Waals surface area contributed by atoms with Crippen LogP contribution in [0.3, 0.4) is 0 Å². The van der Waals surface area contributed by atoms with Crippen molar-refractivity contribution in [3.05, 3.63) is 77.9 Å². The van der Waals surface area contributed by atoms with Crippen LogP contribution in [0, 0.1) is 6.92 Å². The van der Waals surface area contributed by atoms with Crippen molar-refractivity contribution in [2.75, 3.05) is 26.7 Å². The molecular weight excluding hydrogens is 491 g/mol. The predicted octanol–water partition coefficient (Wildman–Crippen LogP) is 3.34. The number of halogens is 1. The number of para-hydroxylation sites is 1. The molecule has 1 aromatic heterocycles. The summed E-state index contributed by atoms with van der Waals surface area (Å²) in [5.74, 6) is 1.68. The highest BCUT2D eigenvalue weighted by Gasteiger charge is 2.25. The normalized spacial score (nSPS) is 16.8. The van der Waals surface area contributed by atoms with Gasteiger partial charge in [0, 0.05) is 19.3 Å². The van der Waals surface area contributed by atoms with E-state index >= 15 is 0 Å². The number of ether oxygens (including phenoxy) is 1. The van der Waals surface area contributed by atoms with E-state index in [1.165, 1.54) is 11.1 Å². The van der Waals surface area contributed by atoms with Crippen molar-refractivity contribution in [2.45, 2.75) is 19.6 Å². The first-order valence-corrected chi connectivity index (χ1v) is 9.83. The number of morpholine rings is 1. The first-order chi connectivity index (χ1) is 14.3. The molecule has 0 radical (unpaired) electrons. The van der Waals surface area contributed by atoms with E-state index in [1.54, 1.807) is 6.33 Å². The summed E-state index contributed by atoms with van der Waals surface area (Å²) in [7, 11) is 1.81. The Labute approximate surface area is 194 Å². The molecular formula is C22H27IN6O. The third-order valence-corrected chi connectivity index (χ3v) is 5.17. The standard InChI is InChI=1S/C22H26N6O.HI/c1-17-8-6-7-11-19(17)20-15-27(12-13-29-20)22(23-2)24-14-21-26-25-16-28(21)18-9-4-3-5-10-18;/h3-11,16,20H,12-15H2,1-2H3,(H,23,24);1H. The number of hydrogen-bond donors (Lipinski definition) is 1. The molecule has 30 heavy (non-hydrogen) atoms. The molecule has 1 fully saturated rings. The minimum absolute atomic E-state index is 0. The van der Waals surface area contributed by atoms with Crippen LogP contribution in [-0.2, 0) is 11.3 Å². The van der Waals surface area contributed by atoms with Gasteiger partial charge in [-0.25, -0.2) is 0 Å². The van der Waals surface area contributed by atoms with E-state index in [-0.39, 0.29) is 30.1 Å². The van der Waals surface area contributed by atoms with Crippen LogP contribution in [0.15, 0.2) is 65.9 Å². The number of aliphatic imine (C=N–C) groups is 1. The maximum atomic E-state index is 6.05. The van der Waals surface area contributed by atoms with E-state index in [1.807, 2.05) is 41.9 Å². The number of rotatable bonds is 4. The van der Waals surface area contributed by atoms with Gasteiger partial charge in [-0.05, 0) is 30.2 Å². The first-order valence-electron chi connectivity index (χ1n) is 9.83. The number of benzene rings is 2. The maximum Gasteiger partial charge on any atom is 0.194 e. The lowest BCUT2D eigenvalue weighted by atomic mass is 10.0. The summed E-state index contributed by atoms with van der Waals surface area (Å²) in [4.78, 5) is 6.72. The van der Waals surface area contributed by atoms with Gasteiger partial charge in [-0.15, -0.1) is 34.2 Å². The highest BCUT2D eigenvalue weighted by molar-refractivity contribution is 14.0. The average molecular weight is 518 g/mol. The fraction of sp³-hybridized carbons (Fsp3) is 0.318. The fourth-order valence-corrected chi connectivity index (χ4v) is 3.65. The average Bonchev–Trinajstić information content (AvgIpc) is 3.24. The lowest BCUT2D eigenvalue weighted by Gasteiger charge is -2.35. The minimum atomic E-state index is 0. The van der Waals surface area contributed by atoms with Gasteiger partial charge in [-0.2, -0.15) is 0 Å². The highest BCUT2D eigenvalue weighted by Crippen LogP contribution is 2.25. The third-order valence-electron chi connectivity index (χ3n) is 5.17. The second kappa shape index (κ2) is 10.5. The molecule has 2 aromatic carbocycles. The quantitative estimate of drug-likeness (QED) is 0.326. The zero-order valence-corrected chi connectivity index (χ0v) is 19.6. The number of nitrogens with zero attached hydrogens (tertiary/aromatic N) is 5. The summed E-state index contributed by atoms with van der Waals surface area (Å²) in [6.45, 7) is 4.89. The summed E-state index contributed by atoms with van der Waals surface area (Å²) in [6.07, 6.45) is 1.77. The molecule has 1 N–H and O–H groups in total. The van der Waals surface area contributed by atoms with E-state index in [0.29, 0.717) is 13.2 Å². The summed E-state index contributed by atoms with van der Waals surface area (Å²) in [6, 6.07) is 18.5. The Bertz CT molecular complexity index is 975. The second-order valence-corrected chi connectivity index (χ2v) is 7.02. The molecule has 0 aliphatic carbocycles. The molecule has 1 aliphatic rings. The Morgan fingerprint density at radius 1 is 1.17 bits per heavy atom. The van der Waals surface area contributed by atoms with Crippen LogP contribution < -0.4 is 5.32 Å². The Morgan fingerprint density at radius 2 is 1.93 bits per heavy atom. The molecule has 158 valence electrons. The molecule has 4 rings (SSSR count). The molecule has 0 amide bonds. The molecule has 8 heteroatoms. The van der Waals surface area contributed by atoms with Gasteiger partial charge in [0.1, 0.15) is 12.4 Å². The van der Waals surface area contributed by atoms with Crippen LogP contribution in [0.25, 0.3) is 5.69 Å². The van der Waals surface area contributed by atoms with Gasteiger partial charge in [-0.1, -0.05) is 42.5 Å². The Hall–Kier alpha value is -2.46. The minimum Gasteiger partial charge on any atom is -0.370 e. The fourth-order valence-electron chi connectivity index (χ4n) is 3.65. The highest BCUT2D eigenvalue weighted by atomic mass is 127. The third kappa shape index (κ3) is 4.99. The number of nitrogens with one attached hydrogen (secondary N) is 1. The van der Waals surface area contributed by atoms with Gasteiger partial charge in [0.05, 0.1) is 19.7 Å². The van der Waals surface area contributed by atoms with E-state index in [9.17, 15) is 0 Å². The van der Waals surface area contributed by atoms with E-state index in [4.69, 9.17) is 4.74 Å². The predicted molar refractivity (Wildman–Crippen MR) is 128 cm³/mol. The summed E-state index contributed by atoms with van der Waals surface area (Å²) < 4.78 is 8.03. The van der Waals surface area contributed by atoms with Crippen molar-refractivity contribution in [3.63, 3.8) is 0 Å². The zero-order chi connectivity index (χ0) is 20.1. The van der Waals surface area contributed by atoms with Crippen LogP contribution in [-0.4, -0.2) is 52.4 Å². The van der Waals surface area contributed by atoms with E-state index in [2.05, 4.69) is 56.6 Å². The van der Waals surface area contributed by atoms with Crippen molar-refractivity contribution < 1.29 is 4.74 Å². The van der Waals surface area contributed by atoms with Crippen LogP contribution in [0.5, 0.6) is 0 Å². The topological polar surface area (TPSA) is 67.6 Å². The number of aryl methyl sites for hydroxylation is 1. The smallest absolute Gasteiger partial charge is 0.194 e. The Balaban J connectivity index is 0.00000256. The summed E-state index contributed by atoms with van der Waals surface area (Å²) in [5, 5.41) is 11.8. The summed E-state index contributed by atoms with van der Waals surface area (Å²) >= 11 is 0. The van der Waals surface area contributed by atoms with Crippen LogP contribution in [0.2, 0.25) is 0 Å². The molecule has 0 saturated carbocycles. The van der Waals surface area contributed by atoms with Crippen LogP contribution in [0.4, 0.5) is 0 Å². The SMILES string of the molecule is CN=C(NCc1nncn1-c1ccccc1)N1CCOC(c2ccccc2C)C1.I. The number of guanidine groups is 1. The second-order valence-electron chi connectivity index (χ2n) is 7.02. The van der Waals surface area contributed by atoms with E-state index in [0.717, 1.165) is 30.6 Å². The van der Waals surface area contributed by atoms with Crippen molar-refractivity contribution >= 4 is 29.9 Å². The van der Waals surface area contributed by atoms with E-state index < -0.39 is 0 Å². The van der Waals surface area contributed by atoms with Crippen molar-refractivity contribution in [1.29, 1.82) is 0 Å². The summed E-state index contributed by atoms with van der Waals surface area (Å²) in [5.41, 5.74) is 3.52. The molecule has 0 bridgehead atoms. The van der Waals surface area contributed by atoms with Gasteiger partial charge in [-0.3, -0.25) is 9.56 Å². The monoisotopic (exact) mass is 518 g/mol. The molecule has 2 heterocycles. The molecule has 3 aromatic rings. The molecule has 7 nitrogen and oxygen atoms in total. The molecule has 1 unspecified atom stereocenters. The largest absolute Gasteiger partial charge is 0.370 e. The molecule has 0 spiro atoms. The first kappa shape index (κ1) is 22.2. The van der Waals surface area contributed by atoms with Gasteiger partial charge >= 0.3 is 0 Å². The van der Waals surface area contributed by atoms with Crippen molar-refractivity contribution in [3.8, 4) is 5.69 Å². The zero-order valence-electron chi connectivity index (χ0n) is 17.2. The lowest BCUT2D eigenvalue weighted by molar-refractivity contribution is -0.00835. The van der Waals surface area contributed by atoms with Gasteiger partial charge in [0.25, 0.3) is 0 Å². The van der Waals surface area contributed by atoms with Crippen molar-refractivity contribution in [1.82, 2.24) is 25.0 Å². The number of aromatic nitrogens is 3. The Morgan fingerprint density at radius 3 is 2.70 bits per heavy atom. The number of hydrogen-bond acceptors (Lipinski definition) is 4. The van der Waals surface area contributed by atoms with Crippen LogP contribution >= 0.6 is 24.0 Å².